The number of hydrogen-bond donors (Lipinski definition) is 2. The molecule has 0 unspecified atom stereocenters. The number of carboxylic acid groups (broad SMARTS) is 1. The first-order chi connectivity index (χ1) is 10.1. The topological polar surface area (TPSA) is 82.5 Å². The second-order valence-corrected chi connectivity index (χ2v) is 4.94. The first-order valence-corrected chi connectivity index (χ1v) is 6.80. The Kier molecular flexibility index (Phi) is 3.43. The van der Waals surface area contributed by atoms with E-state index in [4.69, 9.17) is 0 Å². The van der Waals surface area contributed by atoms with Gasteiger partial charge in [-0.1, -0.05) is 18.2 Å². The number of aromatic carboxylic acids is 1. The van der Waals surface area contributed by atoms with Gasteiger partial charge in [0.05, 0.1) is 11.1 Å². The summed E-state index contributed by atoms with van der Waals surface area (Å²) in [5.41, 5.74) is 0.884. The number of carbonyl (C=O) groups is 2. The highest BCUT2D eigenvalue weighted by Gasteiger charge is 2.18. The van der Waals surface area contributed by atoms with Crippen molar-refractivity contribution in [1.29, 1.82) is 0 Å². The number of nitrogens with one attached hydrogen (secondary N) is 1. The summed E-state index contributed by atoms with van der Waals surface area (Å²) in [4.78, 5) is 29.3. The SMILES string of the molecule is O=C1CCN(c2cc(C(=O)O)c3ccccc3n2)CCN1. The van der Waals surface area contributed by atoms with Gasteiger partial charge in [0.25, 0.3) is 0 Å². The maximum absolute atomic E-state index is 11.5. The second-order valence-electron chi connectivity index (χ2n) is 4.94. The van der Waals surface area contributed by atoms with Crippen LogP contribution in [0, 0.1) is 0 Å². The third-order valence-corrected chi connectivity index (χ3v) is 3.57. The Morgan fingerprint density at radius 2 is 2.10 bits per heavy atom. The van der Waals surface area contributed by atoms with Crippen molar-refractivity contribution in [2.75, 3.05) is 24.5 Å². The van der Waals surface area contributed by atoms with E-state index in [-0.39, 0.29) is 11.5 Å². The highest BCUT2D eigenvalue weighted by molar-refractivity contribution is 6.03. The van der Waals surface area contributed by atoms with Gasteiger partial charge < -0.3 is 15.3 Å². The molecule has 1 amide bonds. The summed E-state index contributed by atoms with van der Waals surface area (Å²) < 4.78 is 0. The number of para-hydroxylation sites is 1. The Balaban J connectivity index is 2.06. The minimum atomic E-state index is -0.973. The van der Waals surface area contributed by atoms with Gasteiger partial charge in [0.15, 0.2) is 0 Å². The van der Waals surface area contributed by atoms with Crippen molar-refractivity contribution in [3.05, 3.63) is 35.9 Å². The van der Waals surface area contributed by atoms with E-state index in [1.807, 2.05) is 11.0 Å². The standard InChI is InChI=1S/C15H15N3O3/c19-14-5-7-18(8-6-16-14)13-9-11(15(20)21)10-3-1-2-4-12(10)17-13/h1-4,9H,5-8H2,(H,16,19)(H,20,21). The number of aromatic nitrogens is 1. The Hall–Kier alpha value is -2.63. The lowest BCUT2D eigenvalue weighted by Crippen LogP contribution is -2.29. The predicted molar refractivity (Wildman–Crippen MR) is 78.5 cm³/mol. The van der Waals surface area contributed by atoms with Gasteiger partial charge in [-0.25, -0.2) is 9.78 Å². The second kappa shape index (κ2) is 5.40. The molecule has 0 aliphatic carbocycles. The average molecular weight is 285 g/mol. The number of amides is 1. The van der Waals surface area contributed by atoms with Crippen molar-refractivity contribution in [2.45, 2.75) is 6.42 Å². The van der Waals surface area contributed by atoms with E-state index in [1.54, 1.807) is 24.3 Å². The highest BCUT2D eigenvalue weighted by atomic mass is 16.4. The molecule has 1 aromatic heterocycles. The minimum absolute atomic E-state index is 0.0109. The molecule has 6 nitrogen and oxygen atoms in total. The van der Waals surface area contributed by atoms with Crippen molar-refractivity contribution in [2.24, 2.45) is 0 Å². The van der Waals surface area contributed by atoms with Crippen molar-refractivity contribution in [3.63, 3.8) is 0 Å². The van der Waals surface area contributed by atoms with Gasteiger partial charge in [-0.05, 0) is 12.1 Å². The quantitative estimate of drug-likeness (QED) is 0.868. The van der Waals surface area contributed by atoms with Crippen LogP contribution in [0.1, 0.15) is 16.8 Å². The van der Waals surface area contributed by atoms with Crippen LogP contribution in [-0.2, 0) is 4.79 Å². The lowest BCUT2D eigenvalue weighted by molar-refractivity contribution is -0.120. The smallest absolute Gasteiger partial charge is 0.336 e. The first kappa shape index (κ1) is 13.4. The summed E-state index contributed by atoms with van der Waals surface area (Å²) in [6.07, 6.45) is 0.386. The van der Waals surface area contributed by atoms with Crippen LogP contribution in [0.5, 0.6) is 0 Å². The molecule has 1 aliphatic heterocycles. The van der Waals surface area contributed by atoms with Crippen LogP contribution in [0.3, 0.4) is 0 Å². The number of fused-ring (bicyclic) bond motifs is 1. The molecule has 3 rings (SSSR count). The molecule has 0 atom stereocenters. The van der Waals surface area contributed by atoms with Crippen LogP contribution < -0.4 is 10.2 Å². The monoisotopic (exact) mass is 285 g/mol. The number of carboxylic acids is 1. The zero-order valence-corrected chi connectivity index (χ0v) is 11.4. The van der Waals surface area contributed by atoms with E-state index in [2.05, 4.69) is 10.3 Å². The Bertz CT molecular complexity index is 714. The lowest BCUT2D eigenvalue weighted by atomic mass is 10.1. The molecule has 108 valence electrons. The fraction of sp³-hybridized carbons (Fsp3) is 0.267. The first-order valence-electron chi connectivity index (χ1n) is 6.80. The van der Waals surface area contributed by atoms with Crippen molar-refractivity contribution >= 4 is 28.6 Å². The number of nitrogens with zero attached hydrogens (tertiary/aromatic N) is 2. The number of hydrogen-bond acceptors (Lipinski definition) is 4. The van der Waals surface area contributed by atoms with Gasteiger partial charge in [-0.15, -0.1) is 0 Å². The van der Waals surface area contributed by atoms with Crippen LogP contribution in [0.4, 0.5) is 5.82 Å². The molecule has 2 heterocycles. The molecule has 0 spiro atoms. The molecule has 1 saturated heterocycles. The number of anilines is 1. The zero-order valence-electron chi connectivity index (χ0n) is 11.4. The van der Waals surface area contributed by atoms with Gasteiger partial charge in [0.2, 0.25) is 5.91 Å². The molecule has 0 bridgehead atoms. The maximum Gasteiger partial charge on any atom is 0.336 e. The summed E-state index contributed by atoms with van der Waals surface area (Å²) in [5.74, 6) is -0.363. The fourth-order valence-electron chi connectivity index (χ4n) is 2.50. The zero-order chi connectivity index (χ0) is 14.8. The molecule has 2 aromatic rings. The normalized spacial score (nSPS) is 15.6. The van der Waals surface area contributed by atoms with E-state index >= 15 is 0 Å². The minimum Gasteiger partial charge on any atom is -0.478 e. The molecule has 1 fully saturated rings. The molecule has 0 saturated carbocycles. The number of rotatable bonds is 2. The summed E-state index contributed by atoms with van der Waals surface area (Å²) in [7, 11) is 0. The Morgan fingerprint density at radius 1 is 1.29 bits per heavy atom. The summed E-state index contributed by atoms with van der Waals surface area (Å²) in [6.45, 7) is 1.70. The molecular weight excluding hydrogens is 270 g/mol. The van der Waals surface area contributed by atoms with Crippen molar-refractivity contribution in [1.82, 2.24) is 10.3 Å². The van der Waals surface area contributed by atoms with Crippen molar-refractivity contribution in [3.8, 4) is 0 Å². The molecule has 21 heavy (non-hydrogen) atoms. The van der Waals surface area contributed by atoms with E-state index in [9.17, 15) is 14.7 Å². The number of pyridine rings is 1. The van der Waals surface area contributed by atoms with Crippen LogP contribution in [0.25, 0.3) is 10.9 Å². The lowest BCUT2D eigenvalue weighted by Gasteiger charge is -2.21. The predicted octanol–water partition coefficient (Wildman–Crippen LogP) is 1.26. The van der Waals surface area contributed by atoms with Crippen LogP contribution >= 0.6 is 0 Å². The summed E-state index contributed by atoms with van der Waals surface area (Å²) in [5, 5.41) is 12.8. The molecule has 6 heteroatoms. The van der Waals surface area contributed by atoms with Crippen LogP contribution in [0.15, 0.2) is 30.3 Å². The fourth-order valence-corrected chi connectivity index (χ4v) is 2.50. The van der Waals surface area contributed by atoms with E-state index in [0.717, 1.165) is 0 Å². The largest absolute Gasteiger partial charge is 0.478 e. The molecular formula is C15H15N3O3. The Morgan fingerprint density at radius 3 is 2.90 bits per heavy atom. The van der Waals surface area contributed by atoms with Gasteiger partial charge in [0, 0.05) is 31.4 Å². The Labute approximate surface area is 121 Å². The van der Waals surface area contributed by atoms with Gasteiger partial charge >= 0.3 is 5.97 Å². The average Bonchev–Trinajstić information content (AvgIpc) is 2.70. The van der Waals surface area contributed by atoms with Gasteiger partial charge in [0.1, 0.15) is 5.82 Å². The summed E-state index contributed by atoms with van der Waals surface area (Å²) in [6, 6.07) is 8.76. The van der Waals surface area contributed by atoms with Crippen LogP contribution in [-0.4, -0.2) is 41.6 Å². The van der Waals surface area contributed by atoms with Gasteiger partial charge in [-0.3, -0.25) is 4.79 Å². The highest BCUT2D eigenvalue weighted by Crippen LogP contribution is 2.23. The third-order valence-electron chi connectivity index (χ3n) is 3.57. The number of benzene rings is 1. The molecule has 0 radical (unpaired) electrons. The molecule has 1 aliphatic rings. The van der Waals surface area contributed by atoms with Crippen LogP contribution in [0.2, 0.25) is 0 Å². The summed E-state index contributed by atoms with van der Waals surface area (Å²) >= 11 is 0. The molecule has 2 N–H and O–H groups in total. The van der Waals surface area contributed by atoms with E-state index in [0.29, 0.717) is 42.8 Å². The maximum atomic E-state index is 11.5. The number of carbonyl (C=O) groups excluding carboxylic acids is 1. The van der Waals surface area contributed by atoms with Crippen molar-refractivity contribution < 1.29 is 14.7 Å². The molecule has 1 aromatic carbocycles. The van der Waals surface area contributed by atoms with Gasteiger partial charge in [-0.2, -0.15) is 0 Å². The van der Waals surface area contributed by atoms with E-state index in [1.165, 1.54) is 0 Å². The van der Waals surface area contributed by atoms with E-state index < -0.39 is 5.97 Å². The third kappa shape index (κ3) is 2.65.